The predicted octanol–water partition coefficient (Wildman–Crippen LogP) is 5.95. The van der Waals surface area contributed by atoms with E-state index in [0.717, 1.165) is 43.2 Å². The van der Waals surface area contributed by atoms with Crippen LogP contribution in [-0.2, 0) is 32.0 Å². The van der Waals surface area contributed by atoms with E-state index in [2.05, 4.69) is 5.32 Å². The highest BCUT2D eigenvalue weighted by atomic mass is 16.6. The molecule has 0 bridgehead atoms. The van der Waals surface area contributed by atoms with Crippen molar-refractivity contribution >= 4 is 18.0 Å². The van der Waals surface area contributed by atoms with Crippen molar-refractivity contribution < 1.29 is 33.3 Å². The van der Waals surface area contributed by atoms with E-state index in [-0.39, 0.29) is 30.5 Å². The van der Waals surface area contributed by atoms with Gasteiger partial charge in [-0.1, -0.05) is 55.7 Å². The molecule has 232 valence electrons. The molecule has 43 heavy (non-hydrogen) atoms. The van der Waals surface area contributed by atoms with E-state index in [1.54, 1.807) is 52.0 Å². The van der Waals surface area contributed by atoms with Crippen molar-refractivity contribution in [1.82, 2.24) is 10.2 Å². The molecule has 1 fully saturated rings. The van der Waals surface area contributed by atoms with Crippen molar-refractivity contribution in [1.29, 1.82) is 0 Å². The Morgan fingerprint density at radius 1 is 0.977 bits per heavy atom. The van der Waals surface area contributed by atoms with E-state index < -0.39 is 29.7 Å². The molecule has 2 aromatic carbocycles. The zero-order valence-corrected chi connectivity index (χ0v) is 25.9. The van der Waals surface area contributed by atoms with Gasteiger partial charge >= 0.3 is 12.1 Å². The minimum absolute atomic E-state index is 0.0796. The Bertz CT molecular complexity index is 1300. The van der Waals surface area contributed by atoms with E-state index in [4.69, 9.17) is 18.9 Å². The normalized spacial score (nSPS) is 19.6. The number of hydrogen-bond donors (Lipinski definition) is 1. The number of methoxy groups -OCH3 is 2. The zero-order valence-electron chi connectivity index (χ0n) is 25.9. The molecule has 0 radical (unpaired) electrons. The van der Waals surface area contributed by atoms with Gasteiger partial charge in [-0.05, 0) is 57.7 Å². The highest BCUT2D eigenvalue weighted by Gasteiger charge is 2.39. The molecule has 9 heteroatoms. The molecule has 9 nitrogen and oxygen atoms in total. The number of rotatable bonds is 9. The first-order valence-corrected chi connectivity index (χ1v) is 15.0. The summed E-state index contributed by atoms with van der Waals surface area (Å²) in [6.07, 6.45) is 5.72. The molecular weight excluding hydrogens is 548 g/mol. The molecule has 2 atom stereocenters. The van der Waals surface area contributed by atoms with Gasteiger partial charge in [0.15, 0.2) is 0 Å². The van der Waals surface area contributed by atoms with E-state index in [1.807, 2.05) is 42.5 Å². The van der Waals surface area contributed by atoms with Crippen molar-refractivity contribution in [3.63, 3.8) is 0 Å². The van der Waals surface area contributed by atoms with Crippen molar-refractivity contribution in [2.24, 2.45) is 5.92 Å². The summed E-state index contributed by atoms with van der Waals surface area (Å²) in [7, 11) is 3.14. The number of hydrogen-bond acceptors (Lipinski definition) is 7. The molecule has 1 aliphatic heterocycles. The Morgan fingerprint density at radius 2 is 1.70 bits per heavy atom. The van der Waals surface area contributed by atoms with E-state index in [9.17, 15) is 14.4 Å². The van der Waals surface area contributed by atoms with Crippen LogP contribution in [0.2, 0.25) is 0 Å². The summed E-state index contributed by atoms with van der Waals surface area (Å²) in [5.41, 5.74) is 1.07. The van der Waals surface area contributed by atoms with E-state index in [1.165, 1.54) is 0 Å². The summed E-state index contributed by atoms with van der Waals surface area (Å²) in [6, 6.07) is 14.7. The Labute approximate surface area is 254 Å². The van der Waals surface area contributed by atoms with Gasteiger partial charge < -0.3 is 23.8 Å². The second-order valence-corrected chi connectivity index (χ2v) is 12.2. The number of carbonyl (C=O) groups is 3. The van der Waals surface area contributed by atoms with Crippen LogP contribution in [0.5, 0.6) is 11.5 Å². The molecule has 1 N–H and O–H groups in total. The fourth-order valence-electron chi connectivity index (χ4n) is 5.67. The summed E-state index contributed by atoms with van der Waals surface area (Å²) in [5, 5.41) is 2.67. The highest BCUT2D eigenvalue weighted by molar-refractivity contribution is 5.97. The van der Waals surface area contributed by atoms with Gasteiger partial charge in [0.05, 0.1) is 32.7 Å². The van der Waals surface area contributed by atoms with Crippen molar-refractivity contribution in [2.75, 3.05) is 14.2 Å². The van der Waals surface area contributed by atoms with Gasteiger partial charge in [-0.2, -0.15) is 0 Å². The lowest BCUT2D eigenvalue weighted by Crippen LogP contribution is -2.50. The number of amides is 2. The van der Waals surface area contributed by atoms with Gasteiger partial charge in [0.1, 0.15) is 28.9 Å². The summed E-state index contributed by atoms with van der Waals surface area (Å²) >= 11 is 0. The highest BCUT2D eigenvalue weighted by Crippen LogP contribution is 2.32. The maximum atomic E-state index is 14.3. The number of nitrogens with zero attached hydrogens (tertiary/aromatic N) is 1. The van der Waals surface area contributed by atoms with Crippen molar-refractivity contribution in [3.05, 3.63) is 71.4 Å². The molecule has 0 aromatic heterocycles. The van der Waals surface area contributed by atoms with Gasteiger partial charge in [0.2, 0.25) is 0 Å². The Balaban J connectivity index is 1.74. The third kappa shape index (κ3) is 8.75. The van der Waals surface area contributed by atoms with Gasteiger partial charge in [-0.25, -0.2) is 4.79 Å². The topological polar surface area (TPSA) is 103 Å². The van der Waals surface area contributed by atoms with Crippen LogP contribution in [0.3, 0.4) is 0 Å². The Morgan fingerprint density at radius 3 is 2.35 bits per heavy atom. The molecule has 2 amide bonds. The Kier molecular flexibility index (Phi) is 10.7. The van der Waals surface area contributed by atoms with Crippen LogP contribution in [0.15, 0.2) is 60.3 Å². The molecule has 1 heterocycles. The fourth-order valence-corrected chi connectivity index (χ4v) is 5.67. The summed E-state index contributed by atoms with van der Waals surface area (Å²) < 4.78 is 22.8. The first-order chi connectivity index (χ1) is 20.6. The van der Waals surface area contributed by atoms with Crippen molar-refractivity contribution in [2.45, 2.75) is 90.0 Å². The van der Waals surface area contributed by atoms with Crippen LogP contribution in [0.25, 0.3) is 0 Å². The van der Waals surface area contributed by atoms with Crippen LogP contribution in [-0.4, -0.2) is 54.8 Å². The number of nitrogens with one attached hydrogen (secondary N) is 1. The molecule has 0 saturated heterocycles. The SMILES string of the molecule is COc1ccc(CN2C(=O)C(NC(=O)OC(C)(C)C)=CCC(OC(=O)C3CCCCC3)C2Cc2ccccc2)c(OC)c1. The first-order valence-electron chi connectivity index (χ1n) is 15.0. The van der Waals surface area contributed by atoms with Gasteiger partial charge in [0, 0.05) is 18.1 Å². The molecule has 4 rings (SSSR count). The number of ether oxygens (including phenoxy) is 4. The second kappa shape index (κ2) is 14.4. The van der Waals surface area contributed by atoms with Crippen molar-refractivity contribution in [3.8, 4) is 11.5 Å². The molecular formula is C34H44N2O7. The lowest BCUT2D eigenvalue weighted by atomic mass is 9.89. The smallest absolute Gasteiger partial charge is 0.412 e. The third-order valence-electron chi connectivity index (χ3n) is 7.84. The van der Waals surface area contributed by atoms with Gasteiger partial charge in [-0.15, -0.1) is 0 Å². The standard InChI is InChI=1S/C34H44N2O7/c1-34(2,3)43-33(39)35-27-18-19-29(42-32(38)24-14-10-7-11-15-24)28(20-23-12-8-6-9-13-23)36(31(27)37)22-25-16-17-26(40-4)21-30(25)41-5/h6,8-9,12-13,16-18,21,24,28-29H,7,10-11,14-15,19-20,22H2,1-5H3,(H,35,39). The van der Waals surface area contributed by atoms with E-state index >= 15 is 0 Å². The summed E-state index contributed by atoms with van der Waals surface area (Å²) in [5.74, 6) is 0.393. The van der Waals surface area contributed by atoms with Gasteiger partial charge in [-0.3, -0.25) is 14.9 Å². The molecule has 2 aliphatic rings. The first kappa shape index (κ1) is 31.9. The molecule has 1 aliphatic carbocycles. The molecule has 0 spiro atoms. The lowest BCUT2D eigenvalue weighted by molar-refractivity contribution is -0.160. The van der Waals surface area contributed by atoms with Crippen LogP contribution >= 0.6 is 0 Å². The number of carbonyl (C=O) groups excluding carboxylic acids is 3. The van der Waals surface area contributed by atoms with Crippen LogP contribution < -0.4 is 14.8 Å². The number of alkyl carbamates (subject to hydrolysis) is 1. The van der Waals surface area contributed by atoms with Crippen LogP contribution in [0.4, 0.5) is 4.79 Å². The number of esters is 1. The van der Waals surface area contributed by atoms with Crippen LogP contribution in [0, 0.1) is 5.92 Å². The largest absolute Gasteiger partial charge is 0.497 e. The van der Waals surface area contributed by atoms with Gasteiger partial charge in [0.25, 0.3) is 5.91 Å². The van der Waals surface area contributed by atoms with E-state index in [0.29, 0.717) is 17.9 Å². The Hall–Kier alpha value is -4.01. The lowest BCUT2D eigenvalue weighted by Gasteiger charge is -2.36. The average Bonchev–Trinajstić information content (AvgIpc) is 3.10. The molecule has 2 unspecified atom stereocenters. The summed E-state index contributed by atoms with van der Waals surface area (Å²) in [6.45, 7) is 5.42. The second-order valence-electron chi connectivity index (χ2n) is 12.2. The predicted molar refractivity (Wildman–Crippen MR) is 163 cm³/mol. The zero-order chi connectivity index (χ0) is 31.0. The minimum Gasteiger partial charge on any atom is -0.497 e. The minimum atomic E-state index is -0.748. The average molecular weight is 593 g/mol. The number of benzene rings is 2. The maximum Gasteiger partial charge on any atom is 0.412 e. The summed E-state index contributed by atoms with van der Waals surface area (Å²) in [4.78, 5) is 42.2. The third-order valence-corrected chi connectivity index (χ3v) is 7.84. The molecule has 1 saturated carbocycles. The van der Waals surface area contributed by atoms with Crippen LogP contribution in [0.1, 0.15) is 70.4 Å². The maximum absolute atomic E-state index is 14.3. The quantitative estimate of drug-likeness (QED) is 0.359. The fraction of sp³-hybridized carbons (Fsp3) is 0.500. The monoisotopic (exact) mass is 592 g/mol. The molecule has 2 aromatic rings.